The Hall–Kier alpha value is -2.85. The molecule has 0 saturated carbocycles. The highest BCUT2D eigenvalue weighted by molar-refractivity contribution is 5.90. The Kier molecular flexibility index (Phi) is 11.2. The maximum absolute atomic E-state index is 12.6. The second-order valence-electron chi connectivity index (χ2n) is 9.14. The van der Waals surface area contributed by atoms with E-state index in [1.54, 1.807) is 48.5 Å². The molecule has 0 unspecified atom stereocenters. The molecule has 0 aromatic carbocycles. The zero-order valence-corrected chi connectivity index (χ0v) is 20.2. The molecule has 3 N–H and O–H groups in total. The third-order valence-electron chi connectivity index (χ3n) is 4.00. The highest BCUT2D eigenvalue weighted by Crippen LogP contribution is 2.12. The molecule has 32 heavy (non-hydrogen) atoms. The fourth-order valence-electron chi connectivity index (χ4n) is 2.32. The van der Waals surface area contributed by atoms with E-state index < -0.39 is 71.6 Å². The van der Waals surface area contributed by atoms with E-state index >= 15 is 0 Å². The molecule has 0 bridgehead atoms. The summed E-state index contributed by atoms with van der Waals surface area (Å²) in [4.78, 5) is 60.1. The smallest absolute Gasteiger partial charge is 0.408 e. The van der Waals surface area contributed by atoms with Gasteiger partial charge in [0.05, 0.1) is 0 Å². The van der Waals surface area contributed by atoms with E-state index in [1.165, 1.54) is 13.8 Å². The maximum atomic E-state index is 12.6. The van der Waals surface area contributed by atoms with E-state index in [0.717, 1.165) is 0 Å². The summed E-state index contributed by atoms with van der Waals surface area (Å²) in [5, 5.41) is 13.8. The number of carbonyl (C=O) groups excluding carboxylic acids is 4. The molecule has 0 aliphatic rings. The molecule has 0 heterocycles. The molecular weight excluding hydrogens is 424 g/mol. The molecule has 2 amide bonds. The number of hydrogen-bond acceptors (Lipinski definition) is 8. The van der Waals surface area contributed by atoms with Gasteiger partial charge in [-0.3, -0.25) is 4.79 Å². The van der Waals surface area contributed by atoms with Crippen molar-refractivity contribution in [2.75, 3.05) is 0 Å². The Morgan fingerprint density at radius 3 is 1.50 bits per heavy atom. The first kappa shape index (κ1) is 29.1. The van der Waals surface area contributed by atoms with Crippen molar-refractivity contribution in [2.24, 2.45) is 11.8 Å². The van der Waals surface area contributed by atoms with E-state index in [-0.39, 0.29) is 0 Å². The van der Waals surface area contributed by atoms with Gasteiger partial charge in [0.2, 0.25) is 6.10 Å². The molecule has 11 heteroatoms. The SMILES string of the molecule is CC(C)[C@H](OC(=O)[C@@H](C)NC(=O)[C@H](OC(=O)[C@@H](C)NC(=O)OC(C)(C)C)C(C)C)C(=O)O. The third kappa shape index (κ3) is 10.5. The van der Waals surface area contributed by atoms with Gasteiger partial charge in [0.15, 0.2) is 6.10 Å². The van der Waals surface area contributed by atoms with E-state index in [9.17, 15) is 24.0 Å². The molecule has 0 fully saturated rings. The monoisotopic (exact) mass is 460 g/mol. The lowest BCUT2D eigenvalue weighted by atomic mass is 10.1. The minimum Gasteiger partial charge on any atom is -0.478 e. The molecule has 0 radical (unpaired) electrons. The minimum atomic E-state index is -1.36. The zero-order valence-electron chi connectivity index (χ0n) is 20.2. The summed E-state index contributed by atoms with van der Waals surface area (Å²) in [6.45, 7) is 14.1. The van der Waals surface area contributed by atoms with Crippen LogP contribution in [0.3, 0.4) is 0 Å². The highest BCUT2D eigenvalue weighted by Gasteiger charge is 2.33. The molecule has 0 rings (SSSR count). The predicted octanol–water partition coefficient (Wildman–Crippen LogP) is 1.62. The van der Waals surface area contributed by atoms with Crippen LogP contribution in [0.2, 0.25) is 0 Å². The number of alkyl carbamates (subject to hydrolysis) is 1. The summed E-state index contributed by atoms with van der Waals surface area (Å²) in [5.74, 6) is -4.80. The van der Waals surface area contributed by atoms with Crippen LogP contribution in [-0.2, 0) is 33.4 Å². The van der Waals surface area contributed by atoms with Gasteiger partial charge in [-0.2, -0.15) is 0 Å². The van der Waals surface area contributed by atoms with E-state index in [4.69, 9.17) is 19.3 Å². The first-order valence-electron chi connectivity index (χ1n) is 10.4. The first-order chi connectivity index (χ1) is 14.5. The largest absolute Gasteiger partial charge is 0.478 e. The number of hydrogen-bond donors (Lipinski definition) is 3. The summed E-state index contributed by atoms with van der Waals surface area (Å²) >= 11 is 0. The van der Waals surface area contributed by atoms with Crippen LogP contribution in [0.1, 0.15) is 62.3 Å². The van der Waals surface area contributed by atoms with Gasteiger partial charge in [0.25, 0.3) is 5.91 Å². The number of amides is 2. The van der Waals surface area contributed by atoms with Crippen molar-refractivity contribution in [3.63, 3.8) is 0 Å². The van der Waals surface area contributed by atoms with Crippen LogP contribution in [-0.4, -0.2) is 64.9 Å². The van der Waals surface area contributed by atoms with Gasteiger partial charge >= 0.3 is 24.0 Å². The number of esters is 2. The zero-order chi connectivity index (χ0) is 25.4. The third-order valence-corrected chi connectivity index (χ3v) is 4.00. The van der Waals surface area contributed by atoms with Gasteiger partial charge in [-0.05, 0) is 40.5 Å². The highest BCUT2D eigenvalue weighted by atomic mass is 16.6. The van der Waals surface area contributed by atoms with Crippen LogP contribution < -0.4 is 10.6 Å². The minimum absolute atomic E-state index is 0.460. The van der Waals surface area contributed by atoms with Gasteiger partial charge < -0.3 is 30.0 Å². The van der Waals surface area contributed by atoms with Crippen LogP contribution >= 0.6 is 0 Å². The molecular formula is C21H36N2O9. The number of carboxylic acid groups (broad SMARTS) is 1. The van der Waals surface area contributed by atoms with E-state index in [0.29, 0.717) is 0 Å². The van der Waals surface area contributed by atoms with Crippen molar-refractivity contribution >= 4 is 29.9 Å². The quantitative estimate of drug-likeness (QED) is 0.325. The number of aliphatic carboxylic acids is 1. The average molecular weight is 461 g/mol. The van der Waals surface area contributed by atoms with Gasteiger partial charge in [0, 0.05) is 5.92 Å². The lowest BCUT2D eigenvalue weighted by molar-refractivity contribution is -0.169. The number of ether oxygens (including phenoxy) is 3. The Morgan fingerprint density at radius 2 is 1.12 bits per heavy atom. The average Bonchev–Trinajstić information content (AvgIpc) is 2.60. The molecule has 0 aromatic heterocycles. The van der Waals surface area contributed by atoms with Crippen LogP contribution in [0.15, 0.2) is 0 Å². The van der Waals surface area contributed by atoms with Crippen molar-refractivity contribution in [1.29, 1.82) is 0 Å². The second-order valence-corrected chi connectivity index (χ2v) is 9.14. The van der Waals surface area contributed by atoms with Crippen LogP contribution in [0.4, 0.5) is 4.79 Å². The van der Waals surface area contributed by atoms with Crippen LogP contribution in [0.5, 0.6) is 0 Å². The van der Waals surface area contributed by atoms with Crippen molar-refractivity contribution in [3.8, 4) is 0 Å². The number of nitrogens with one attached hydrogen (secondary N) is 2. The van der Waals surface area contributed by atoms with Crippen molar-refractivity contribution in [3.05, 3.63) is 0 Å². The van der Waals surface area contributed by atoms with Gasteiger partial charge in [0.1, 0.15) is 17.7 Å². The summed E-state index contributed by atoms with van der Waals surface area (Å²) in [6, 6.07) is -2.27. The van der Waals surface area contributed by atoms with Gasteiger partial charge in [-0.15, -0.1) is 0 Å². The summed E-state index contributed by atoms with van der Waals surface area (Å²) in [6.07, 6.45) is -3.44. The lowest BCUT2D eigenvalue weighted by Gasteiger charge is -2.25. The van der Waals surface area contributed by atoms with E-state index in [2.05, 4.69) is 10.6 Å². The molecule has 0 aromatic rings. The molecule has 0 aliphatic carbocycles. The fraction of sp³-hybridized carbons (Fsp3) is 0.762. The Labute approximate surface area is 188 Å². The fourth-order valence-corrected chi connectivity index (χ4v) is 2.32. The molecule has 4 atom stereocenters. The molecule has 0 spiro atoms. The number of carbonyl (C=O) groups is 5. The molecule has 11 nitrogen and oxygen atoms in total. The Balaban J connectivity index is 5.04. The van der Waals surface area contributed by atoms with Crippen molar-refractivity contribution in [1.82, 2.24) is 10.6 Å². The molecule has 184 valence electrons. The summed E-state index contributed by atoms with van der Waals surface area (Å²) < 4.78 is 15.3. The van der Waals surface area contributed by atoms with Crippen LogP contribution in [0.25, 0.3) is 0 Å². The number of carboxylic acids is 1. The summed E-state index contributed by atoms with van der Waals surface area (Å²) in [7, 11) is 0. The lowest BCUT2D eigenvalue weighted by Crippen LogP contribution is -2.50. The molecule has 0 saturated heterocycles. The van der Waals surface area contributed by atoms with E-state index in [1.807, 2.05) is 0 Å². The van der Waals surface area contributed by atoms with Gasteiger partial charge in [-0.1, -0.05) is 27.7 Å². The first-order valence-corrected chi connectivity index (χ1v) is 10.4. The second kappa shape index (κ2) is 12.3. The van der Waals surface area contributed by atoms with Crippen molar-refractivity contribution in [2.45, 2.75) is 92.2 Å². The number of rotatable bonds is 10. The normalized spacial score (nSPS) is 15.2. The van der Waals surface area contributed by atoms with Crippen LogP contribution in [0, 0.1) is 11.8 Å². The van der Waals surface area contributed by atoms with Crippen molar-refractivity contribution < 1.29 is 43.3 Å². The summed E-state index contributed by atoms with van der Waals surface area (Å²) in [5.41, 5.74) is -0.756. The maximum Gasteiger partial charge on any atom is 0.408 e. The standard InChI is InChI=1S/C21H36N2O9/c1-10(2)14(30-19(28)13(6)23-20(29)32-21(7,8)9)16(24)22-12(5)18(27)31-15(11(3)4)17(25)26/h10-15H,1-9H3,(H,22,24)(H,23,29)(H,25,26)/t12-,13-,14-,15+/m1/s1. The van der Waals surface area contributed by atoms with Gasteiger partial charge in [-0.25, -0.2) is 19.2 Å². The molecule has 0 aliphatic heterocycles. The Morgan fingerprint density at radius 1 is 0.719 bits per heavy atom. The Bertz CT molecular complexity index is 698. The topological polar surface area (TPSA) is 157 Å². The predicted molar refractivity (Wildman–Crippen MR) is 114 cm³/mol.